The van der Waals surface area contributed by atoms with Gasteiger partial charge < -0.3 is 10.1 Å². The van der Waals surface area contributed by atoms with Gasteiger partial charge in [-0.15, -0.1) is 11.3 Å². The van der Waals surface area contributed by atoms with Crippen LogP contribution in [0.4, 0.5) is 5.00 Å². The standard InChI is InChI=1S/C19H21ClN2O3S/c1-10-11(2)26-18(21-17(24)14-9-25-19(3,4)22-14)15(10)16(23)12-5-7-13(20)8-6-12/h5-8,14,22H,9H2,1-4H3,(H,21,24)/t14-/m0/s1. The van der Waals surface area contributed by atoms with E-state index in [4.69, 9.17) is 16.3 Å². The Morgan fingerprint density at radius 1 is 1.27 bits per heavy atom. The zero-order valence-electron chi connectivity index (χ0n) is 15.1. The molecule has 1 atom stereocenters. The lowest BCUT2D eigenvalue weighted by Crippen LogP contribution is -2.44. The highest BCUT2D eigenvalue weighted by atomic mass is 35.5. The summed E-state index contributed by atoms with van der Waals surface area (Å²) in [5.74, 6) is -0.336. The Morgan fingerprint density at radius 3 is 2.50 bits per heavy atom. The number of amides is 1. The van der Waals surface area contributed by atoms with Crippen molar-refractivity contribution in [3.63, 3.8) is 0 Å². The van der Waals surface area contributed by atoms with Crippen LogP contribution in [0.2, 0.25) is 5.02 Å². The number of carbonyl (C=O) groups is 2. The molecule has 0 aliphatic carbocycles. The Kier molecular flexibility index (Phi) is 5.21. The fraction of sp³-hybridized carbons (Fsp3) is 0.368. The van der Waals surface area contributed by atoms with Crippen LogP contribution in [-0.2, 0) is 9.53 Å². The Bertz CT molecular complexity index is 858. The molecule has 2 N–H and O–H groups in total. The van der Waals surface area contributed by atoms with E-state index in [2.05, 4.69) is 10.6 Å². The number of benzene rings is 1. The number of rotatable bonds is 4. The predicted molar refractivity (Wildman–Crippen MR) is 104 cm³/mol. The lowest BCUT2D eigenvalue weighted by atomic mass is 10.0. The minimum atomic E-state index is -0.536. The fourth-order valence-electron chi connectivity index (χ4n) is 2.87. The lowest BCUT2D eigenvalue weighted by molar-refractivity contribution is -0.117. The van der Waals surface area contributed by atoms with Crippen LogP contribution >= 0.6 is 22.9 Å². The molecule has 1 aromatic heterocycles. The Hall–Kier alpha value is -1.73. The maximum absolute atomic E-state index is 13.0. The number of hydrogen-bond donors (Lipinski definition) is 2. The summed E-state index contributed by atoms with van der Waals surface area (Å²) in [7, 11) is 0. The van der Waals surface area contributed by atoms with Crippen LogP contribution in [0.3, 0.4) is 0 Å². The highest BCUT2D eigenvalue weighted by Crippen LogP contribution is 2.34. The third kappa shape index (κ3) is 3.83. The van der Waals surface area contributed by atoms with E-state index >= 15 is 0 Å². The highest BCUT2D eigenvalue weighted by Gasteiger charge is 2.35. The topological polar surface area (TPSA) is 67.4 Å². The SMILES string of the molecule is Cc1sc(NC(=O)[C@@H]2COC(C)(C)N2)c(C(=O)c2ccc(Cl)cc2)c1C. The van der Waals surface area contributed by atoms with Gasteiger partial charge >= 0.3 is 0 Å². The number of hydrogen-bond acceptors (Lipinski definition) is 5. The zero-order chi connectivity index (χ0) is 19.1. The second kappa shape index (κ2) is 7.12. The largest absolute Gasteiger partial charge is 0.359 e. The number of ether oxygens (including phenoxy) is 1. The van der Waals surface area contributed by atoms with Gasteiger partial charge in [-0.3, -0.25) is 14.9 Å². The molecule has 3 rings (SSSR count). The van der Waals surface area contributed by atoms with Crippen LogP contribution in [0.1, 0.15) is 40.2 Å². The molecule has 2 aromatic rings. The molecule has 1 saturated heterocycles. The average molecular weight is 393 g/mol. The predicted octanol–water partition coefficient (Wildman–Crippen LogP) is 3.91. The summed E-state index contributed by atoms with van der Waals surface area (Å²) in [6.45, 7) is 7.87. The molecule has 1 aromatic carbocycles. The first-order valence-corrected chi connectivity index (χ1v) is 9.50. The molecular weight excluding hydrogens is 372 g/mol. The van der Waals surface area contributed by atoms with Crippen molar-refractivity contribution in [1.82, 2.24) is 5.32 Å². The molecular formula is C19H21ClN2O3S. The van der Waals surface area contributed by atoms with Crippen LogP contribution in [0.15, 0.2) is 24.3 Å². The fourth-order valence-corrected chi connectivity index (χ4v) is 4.06. The number of nitrogens with one attached hydrogen (secondary N) is 2. The number of aryl methyl sites for hydroxylation is 1. The summed E-state index contributed by atoms with van der Waals surface area (Å²) in [6.07, 6.45) is 0. The first-order valence-electron chi connectivity index (χ1n) is 8.31. The first kappa shape index (κ1) is 19.0. The van der Waals surface area contributed by atoms with Gasteiger partial charge in [0.05, 0.1) is 12.2 Å². The Labute approximate surface area is 161 Å². The van der Waals surface area contributed by atoms with Crippen LogP contribution in [0.25, 0.3) is 0 Å². The van der Waals surface area contributed by atoms with Crippen LogP contribution in [0, 0.1) is 13.8 Å². The second-order valence-corrected chi connectivity index (χ2v) is 8.49. The lowest BCUT2D eigenvalue weighted by Gasteiger charge is -2.17. The van der Waals surface area contributed by atoms with Crippen LogP contribution in [0.5, 0.6) is 0 Å². The average Bonchev–Trinajstić information content (AvgIpc) is 3.07. The third-order valence-electron chi connectivity index (χ3n) is 4.40. The van der Waals surface area contributed by atoms with Crippen LogP contribution < -0.4 is 10.6 Å². The summed E-state index contributed by atoms with van der Waals surface area (Å²) in [5.41, 5.74) is 1.41. The van der Waals surface area contributed by atoms with Crippen molar-refractivity contribution in [1.29, 1.82) is 0 Å². The number of carbonyl (C=O) groups excluding carboxylic acids is 2. The van der Waals surface area contributed by atoms with Crippen molar-refractivity contribution in [2.24, 2.45) is 0 Å². The van der Waals surface area contributed by atoms with E-state index in [1.54, 1.807) is 24.3 Å². The van der Waals surface area contributed by atoms with Crippen molar-refractivity contribution in [3.8, 4) is 0 Å². The normalized spacial score (nSPS) is 18.7. The summed E-state index contributed by atoms with van der Waals surface area (Å²) in [6, 6.07) is 6.30. The van der Waals surface area contributed by atoms with E-state index in [0.29, 0.717) is 27.8 Å². The molecule has 0 bridgehead atoms. The summed E-state index contributed by atoms with van der Waals surface area (Å²) in [5, 5.41) is 7.17. The van der Waals surface area contributed by atoms with Gasteiger partial charge in [0.2, 0.25) is 5.91 Å². The van der Waals surface area contributed by atoms with E-state index in [0.717, 1.165) is 10.4 Å². The summed E-state index contributed by atoms with van der Waals surface area (Å²) in [4.78, 5) is 26.6. The Balaban J connectivity index is 1.87. The van der Waals surface area contributed by atoms with Crippen molar-refractivity contribution in [2.45, 2.75) is 39.5 Å². The van der Waals surface area contributed by atoms with Crippen molar-refractivity contribution in [2.75, 3.05) is 11.9 Å². The Morgan fingerprint density at radius 2 is 1.92 bits per heavy atom. The van der Waals surface area contributed by atoms with Gasteiger partial charge in [-0.05, 0) is 57.5 Å². The van der Waals surface area contributed by atoms with Gasteiger partial charge in [-0.25, -0.2) is 0 Å². The van der Waals surface area contributed by atoms with E-state index in [1.807, 2.05) is 27.7 Å². The van der Waals surface area contributed by atoms with Gasteiger partial charge in [-0.2, -0.15) is 0 Å². The maximum atomic E-state index is 13.0. The quantitative estimate of drug-likeness (QED) is 0.774. The molecule has 1 aliphatic heterocycles. The van der Waals surface area contributed by atoms with Crippen LogP contribution in [-0.4, -0.2) is 30.1 Å². The van der Waals surface area contributed by atoms with Gasteiger partial charge in [-0.1, -0.05) is 11.6 Å². The minimum absolute atomic E-state index is 0.130. The molecule has 7 heteroatoms. The number of ketones is 1. The molecule has 138 valence electrons. The smallest absolute Gasteiger partial charge is 0.244 e. The molecule has 0 unspecified atom stereocenters. The first-order chi connectivity index (χ1) is 12.2. The zero-order valence-corrected chi connectivity index (χ0v) is 16.7. The summed E-state index contributed by atoms with van der Waals surface area (Å²) >= 11 is 7.32. The summed E-state index contributed by atoms with van der Waals surface area (Å²) < 4.78 is 5.55. The molecule has 26 heavy (non-hydrogen) atoms. The molecule has 5 nitrogen and oxygen atoms in total. The number of halogens is 1. The molecule has 0 spiro atoms. The highest BCUT2D eigenvalue weighted by molar-refractivity contribution is 7.16. The van der Waals surface area contributed by atoms with Crippen molar-refractivity contribution in [3.05, 3.63) is 50.9 Å². The third-order valence-corrected chi connectivity index (χ3v) is 5.78. The molecule has 0 radical (unpaired) electrons. The number of thiophene rings is 1. The van der Waals surface area contributed by atoms with Gasteiger partial charge in [0, 0.05) is 15.5 Å². The molecule has 1 amide bonds. The van der Waals surface area contributed by atoms with E-state index in [-0.39, 0.29) is 11.7 Å². The number of anilines is 1. The van der Waals surface area contributed by atoms with Gasteiger partial charge in [0.1, 0.15) is 16.8 Å². The molecule has 1 fully saturated rings. The van der Waals surface area contributed by atoms with Crippen molar-refractivity contribution < 1.29 is 14.3 Å². The van der Waals surface area contributed by atoms with Gasteiger partial charge in [0.25, 0.3) is 0 Å². The van der Waals surface area contributed by atoms with E-state index < -0.39 is 11.8 Å². The monoisotopic (exact) mass is 392 g/mol. The minimum Gasteiger partial charge on any atom is -0.359 e. The molecule has 2 heterocycles. The molecule has 1 aliphatic rings. The van der Waals surface area contributed by atoms with E-state index in [1.165, 1.54) is 11.3 Å². The van der Waals surface area contributed by atoms with Crippen molar-refractivity contribution >= 4 is 39.6 Å². The van der Waals surface area contributed by atoms with Gasteiger partial charge in [0.15, 0.2) is 5.78 Å². The molecule has 0 saturated carbocycles. The second-order valence-electron chi connectivity index (χ2n) is 6.83. The van der Waals surface area contributed by atoms with E-state index in [9.17, 15) is 9.59 Å². The maximum Gasteiger partial charge on any atom is 0.244 e.